The summed E-state index contributed by atoms with van der Waals surface area (Å²) in [6.07, 6.45) is 4.20. The van der Waals surface area contributed by atoms with Gasteiger partial charge in [-0.15, -0.1) is 11.3 Å². The first-order valence-corrected chi connectivity index (χ1v) is 9.37. The Morgan fingerprint density at radius 2 is 2.33 bits per heavy atom. The summed E-state index contributed by atoms with van der Waals surface area (Å²) in [6, 6.07) is 6.23. The van der Waals surface area contributed by atoms with Crippen LogP contribution in [0.5, 0.6) is 0 Å². The first kappa shape index (κ1) is 15.7. The van der Waals surface area contributed by atoms with Crippen LogP contribution < -0.4 is 5.32 Å². The number of carbonyl (C=O) groups excluding carboxylic acids is 1. The second-order valence-electron chi connectivity index (χ2n) is 6.38. The Hall–Kier alpha value is -1.86. The molecule has 0 saturated carbocycles. The van der Waals surface area contributed by atoms with Gasteiger partial charge in [0.25, 0.3) is 0 Å². The number of hydrogen-bond acceptors (Lipinski definition) is 4. The predicted molar refractivity (Wildman–Crippen MR) is 93.2 cm³/mol. The Bertz CT molecular complexity index is 706. The number of urea groups is 1. The van der Waals surface area contributed by atoms with Crippen molar-refractivity contribution >= 4 is 23.2 Å². The van der Waals surface area contributed by atoms with Crippen LogP contribution in [0.15, 0.2) is 23.6 Å². The number of aryl methyl sites for hydroxylation is 1. The van der Waals surface area contributed by atoms with Gasteiger partial charge in [-0.1, -0.05) is 6.07 Å². The summed E-state index contributed by atoms with van der Waals surface area (Å²) >= 11 is 1.72. The lowest BCUT2D eigenvalue weighted by atomic mass is 10.2. The van der Waals surface area contributed by atoms with Crippen molar-refractivity contribution in [3.63, 3.8) is 0 Å². The highest BCUT2D eigenvalue weighted by Gasteiger charge is 2.31. The summed E-state index contributed by atoms with van der Waals surface area (Å²) < 4.78 is 7.41. The van der Waals surface area contributed by atoms with E-state index in [9.17, 15) is 4.79 Å². The van der Waals surface area contributed by atoms with Gasteiger partial charge in [-0.05, 0) is 37.1 Å². The van der Waals surface area contributed by atoms with Crippen LogP contribution in [0.1, 0.15) is 48.4 Å². The third kappa shape index (κ3) is 2.93. The Labute approximate surface area is 145 Å². The normalized spacial score (nSPS) is 23.8. The second kappa shape index (κ2) is 6.57. The average Bonchev–Trinajstić information content (AvgIpc) is 3.36. The number of rotatable bonds is 3. The Kier molecular flexibility index (Phi) is 4.28. The molecule has 2 fully saturated rings. The Morgan fingerprint density at radius 3 is 3.08 bits per heavy atom. The van der Waals surface area contributed by atoms with Crippen molar-refractivity contribution in [3.8, 4) is 0 Å². The predicted octanol–water partition coefficient (Wildman–Crippen LogP) is 3.70. The zero-order valence-electron chi connectivity index (χ0n) is 13.8. The van der Waals surface area contributed by atoms with Gasteiger partial charge in [0.15, 0.2) is 0 Å². The number of anilines is 1. The van der Waals surface area contributed by atoms with Gasteiger partial charge in [0.1, 0.15) is 11.9 Å². The number of likely N-dealkylation sites (tertiary alicyclic amines) is 1. The number of aromatic nitrogens is 2. The first-order chi connectivity index (χ1) is 11.7. The van der Waals surface area contributed by atoms with Crippen LogP contribution >= 0.6 is 11.3 Å². The molecule has 2 aromatic rings. The monoisotopic (exact) mass is 346 g/mol. The maximum absolute atomic E-state index is 12.8. The van der Waals surface area contributed by atoms with Crippen molar-refractivity contribution < 1.29 is 9.53 Å². The highest BCUT2D eigenvalue weighted by molar-refractivity contribution is 7.10. The lowest BCUT2D eigenvalue weighted by Gasteiger charge is -2.24. The van der Waals surface area contributed by atoms with Gasteiger partial charge < -0.3 is 9.64 Å². The molecule has 0 spiro atoms. The SMILES string of the molecule is Cn1nc([C@@H]2CCCO2)cc1NC(=O)N1CCC[C@@H]1c1cccs1. The molecular weight excluding hydrogens is 324 g/mol. The second-order valence-corrected chi connectivity index (χ2v) is 7.36. The van der Waals surface area contributed by atoms with Gasteiger partial charge in [-0.2, -0.15) is 5.10 Å². The molecule has 7 heteroatoms. The van der Waals surface area contributed by atoms with Gasteiger partial charge in [0.2, 0.25) is 0 Å². The van der Waals surface area contributed by atoms with Crippen molar-refractivity contribution in [1.82, 2.24) is 14.7 Å². The molecule has 2 aliphatic heterocycles. The fourth-order valence-electron chi connectivity index (χ4n) is 3.54. The van der Waals surface area contributed by atoms with Crippen LogP contribution in [0.3, 0.4) is 0 Å². The zero-order valence-corrected chi connectivity index (χ0v) is 14.6. The summed E-state index contributed by atoms with van der Waals surface area (Å²) in [5.74, 6) is 0.724. The zero-order chi connectivity index (χ0) is 16.5. The maximum Gasteiger partial charge on any atom is 0.323 e. The summed E-state index contributed by atoms with van der Waals surface area (Å²) in [5, 5.41) is 9.59. The number of ether oxygens (including phenoxy) is 1. The Balaban J connectivity index is 1.47. The standard InChI is InChI=1S/C17H22N4O2S/c1-20-16(11-12(19-20)14-6-3-9-23-14)18-17(22)21-8-2-5-13(21)15-7-4-10-24-15/h4,7,10-11,13-14H,2-3,5-6,8-9H2,1H3,(H,18,22)/t13-,14+/m1/s1. The molecule has 0 aliphatic carbocycles. The van der Waals surface area contributed by atoms with E-state index in [0.29, 0.717) is 0 Å². The quantitative estimate of drug-likeness (QED) is 0.922. The Morgan fingerprint density at radius 1 is 1.42 bits per heavy atom. The largest absolute Gasteiger partial charge is 0.372 e. The van der Waals surface area contributed by atoms with Crippen molar-refractivity contribution in [3.05, 3.63) is 34.2 Å². The molecule has 24 heavy (non-hydrogen) atoms. The van der Waals surface area contributed by atoms with Crippen LogP contribution in [-0.2, 0) is 11.8 Å². The summed E-state index contributed by atoms with van der Waals surface area (Å²) in [5.41, 5.74) is 0.904. The van der Waals surface area contributed by atoms with Crippen LogP contribution in [0.4, 0.5) is 10.6 Å². The molecule has 128 valence electrons. The summed E-state index contributed by atoms with van der Waals surface area (Å²) in [6.45, 7) is 1.59. The molecule has 1 N–H and O–H groups in total. The number of hydrogen-bond donors (Lipinski definition) is 1. The van der Waals surface area contributed by atoms with Gasteiger partial charge in [-0.3, -0.25) is 10.00 Å². The first-order valence-electron chi connectivity index (χ1n) is 8.49. The van der Waals surface area contributed by atoms with E-state index in [4.69, 9.17) is 4.74 Å². The third-order valence-electron chi connectivity index (χ3n) is 4.78. The molecule has 4 heterocycles. The summed E-state index contributed by atoms with van der Waals surface area (Å²) in [7, 11) is 1.86. The van der Waals surface area contributed by atoms with Crippen molar-refractivity contribution in [2.45, 2.75) is 37.8 Å². The summed E-state index contributed by atoms with van der Waals surface area (Å²) in [4.78, 5) is 15.9. The number of nitrogens with one attached hydrogen (secondary N) is 1. The van der Waals surface area contributed by atoms with Crippen molar-refractivity contribution in [2.24, 2.45) is 7.05 Å². The highest BCUT2D eigenvalue weighted by atomic mass is 32.1. The number of nitrogens with zero attached hydrogens (tertiary/aromatic N) is 3. The van der Waals surface area contributed by atoms with Crippen molar-refractivity contribution in [1.29, 1.82) is 0 Å². The van der Waals surface area contributed by atoms with Crippen LogP contribution in [-0.4, -0.2) is 33.9 Å². The minimum Gasteiger partial charge on any atom is -0.372 e. The molecular formula is C17H22N4O2S. The molecule has 2 aliphatic rings. The van der Waals surface area contributed by atoms with Crippen LogP contribution in [0.25, 0.3) is 0 Å². The van der Waals surface area contributed by atoms with Crippen LogP contribution in [0.2, 0.25) is 0 Å². The number of carbonyl (C=O) groups is 1. The topological polar surface area (TPSA) is 59.4 Å². The minimum absolute atomic E-state index is 0.0483. The molecule has 6 nitrogen and oxygen atoms in total. The highest BCUT2D eigenvalue weighted by Crippen LogP contribution is 2.35. The van der Waals surface area contributed by atoms with Gasteiger partial charge >= 0.3 is 6.03 Å². The van der Waals surface area contributed by atoms with Gasteiger partial charge in [0.05, 0.1) is 11.7 Å². The fourth-order valence-corrected chi connectivity index (χ4v) is 4.42. The van der Waals surface area contributed by atoms with E-state index >= 15 is 0 Å². The minimum atomic E-state index is -0.0483. The van der Waals surface area contributed by atoms with E-state index in [1.165, 1.54) is 4.88 Å². The van der Waals surface area contributed by atoms with Gasteiger partial charge in [0, 0.05) is 31.1 Å². The molecule has 2 atom stereocenters. The van der Waals surface area contributed by atoms with Gasteiger partial charge in [-0.25, -0.2) is 4.79 Å². The molecule has 0 radical (unpaired) electrons. The van der Waals surface area contributed by atoms with E-state index < -0.39 is 0 Å². The fraction of sp³-hybridized carbons (Fsp3) is 0.529. The van der Waals surface area contributed by atoms with E-state index in [0.717, 1.165) is 50.3 Å². The molecule has 0 bridgehead atoms. The molecule has 2 saturated heterocycles. The lowest BCUT2D eigenvalue weighted by Crippen LogP contribution is -2.34. The molecule has 0 aromatic carbocycles. The van der Waals surface area contributed by atoms with E-state index in [2.05, 4.69) is 21.9 Å². The van der Waals surface area contributed by atoms with Crippen LogP contribution in [0, 0.1) is 0 Å². The van der Waals surface area contributed by atoms with E-state index in [1.54, 1.807) is 16.0 Å². The lowest BCUT2D eigenvalue weighted by molar-refractivity contribution is 0.108. The maximum atomic E-state index is 12.8. The molecule has 0 unspecified atom stereocenters. The number of thiophene rings is 1. The van der Waals surface area contributed by atoms with E-state index in [1.807, 2.05) is 24.1 Å². The molecule has 2 amide bonds. The smallest absolute Gasteiger partial charge is 0.323 e. The third-order valence-corrected chi connectivity index (χ3v) is 5.75. The molecule has 4 rings (SSSR count). The van der Waals surface area contributed by atoms with Crippen molar-refractivity contribution in [2.75, 3.05) is 18.5 Å². The number of amides is 2. The molecule has 2 aromatic heterocycles. The average molecular weight is 346 g/mol. The van der Waals surface area contributed by atoms with E-state index in [-0.39, 0.29) is 18.2 Å².